The molecule has 1 saturated heterocycles. The first-order valence-corrected chi connectivity index (χ1v) is 22.0. The molecule has 1 aliphatic heterocycles. The normalized spacial score (nSPS) is 16.7. The minimum atomic E-state index is -1.01. The van der Waals surface area contributed by atoms with Crippen molar-refractivity contribution < 1.29 is 38.3 Å². The van der Waals surface area contributed by atoms with Gasteiger partial charge in [-0.05, 0) is 75.5 Å². The van der Waals surface area contributed by atoms with Crippen LogP contribution in [-0.4, -0.2) is 93.1 Å². The predicted octanol–water partition coefficient (Wildman–Crippen LogP) is 6.19. The van der Waals surface area contributed by atoms with Gasteiger partial charge in [0.1, 0.15) is 18.7 Å². The van der Waals surface area contributed by atoms with Gasteiger partial charge in [0.05, 0.1) is 9.34 Å². The molecule has 1 aliphatic rings. The number of ether oxygens (including phenoxy) is 1. The van der Waals surface area contributed by atoms with Crippen molar-refractivity contribution in [2.24, 2.45) is 23.5 Å². The Kier molecular flexibility index (Phi) is 21.9. The van der Waals surface area contributed by atoms with E-state index in [4.69, 9.17) is 10.5 Å². The number of urea groups is 1. The molecule has 0 saturated carbocycles. The molecule has 1 heterocycles. The average Bonchev–Trinajstić information content (AvgIpc) is 3.48. The number of nitrogens with zero attached hydrogens (tertiary/aromatic N) is 2. The van der Waals surface area contributed by atoms with Crippen molar-refractivity contribution >= 4 is 69.9 Å². The van der Waals surface area contributed by atoms with Crippen LogP contribution in [0.4, 0.5) is 15.3 Å². The van der Waals surface area contributed by atoms with E-state index >= 15 is 0 Å². The third kappa shape index (κ3) is 16.8. The summed E-state index contributed by atoms with van der Waals surface area (Å²) in [7, 11) is 1.69. The molecule has 15 nitrogen and oxygen atoms in total. The summed E-state index contributed by atoms with van der Waals surface area (Å²) >= 11 is 2.33. The number of alkyl halides is 1. The van der Waals surface area contributed by atoms with Crippen LogP contribution >= 0.6 is 22.6 Å². The van der Waals surface area contributed by atoms with Crippen LogP contribution in [0.25, 0.3) is 0 Å². The second-order valence-electron chi connectivity index (χ2n) is 16.1. The topological polar surface area (TPSA) is 209 Å². The lowest BCUT2D eigenvalue weighted by Gasteiger charge is -2.29. The van der Waals surface area contributed by atoms with Gasteiger partial charge in [-0.1, -0.05) is 101 Å². The predicted molar refractivity (Wildman–Crippen MR) is 237 cm³/mol. The van der Waals surface area contributed by atoms with E-state index in [9.17, 15) is 33.6 Å². The summed E-state index contributed by atoms with van der Waals surface area (Å²) in [4.78, 5) is 93.0. The molecule has 330 valence electrons. The Morgan fingerprint density at radius 2 is 1.64 bits per heavy atom. The second-order valence-corrected chi connectivity index (χ2v) is 18.1. The highest BCUT2D eigenvalue weighted by Gasteiger charge is 2.48. The number of hydrogen-bond donors (Lipinski definition) is 5. The summed E-state index contributed by atoms with van der Waals surface area (Å²) in [6.07, 6.45) is 8.86. The maximum Gasteiger partial charge on any atom is 0.410 e. The fourth-order valence-electron chi connectivity index (χ4n) is 6.73. The molecule has 5 atom stereocenters. The van der Waals surface area contributed by atoms with Crippen LogP contribution in [0, 0.1) is 17.8 Å². The first-order valence-electron chi connectivity index (χ1n) is 20.9. The Labute approximate surface area is 364 Å². The van der Waals surface area contributed by atoms with Crippen LogP contribution in [0.15, 0.2) is 36.4 Å². The highest BCUT2D eigenvalue weighted by Crippen LogP contribution is 2.42. The molecule has 16 heteroatoms. The minimum absolute atomic E-state index is 0.00586. The number of unbranched alkanes of at least 4 members (excludes halogenated alkanes) is 3. The number of allylic oxidation sites excluding steroid dienone is 2. The molecular formula is C43H68IN7O8. The van der Waals surface area contributed by atoms with Crippen LogP contribution < -0.4 is 27.0 Å². The van der Waals surface area contributed by atoms with Gasteiger partial charge in [-0.3, -0.25) is 28.9 Å². The third-order valence-corrected chi connectivity index (χ3v) is 12.4. The molecule has 3 unspecified atom stereocenters. The Morgan fingerprint density at radius 3 is 2.24 bits per heavy atom. The first-order chi connectivity index (χ1) is 27.8. The molecule has 59 heavy (non-hydrogen) atoms. The summed E-state index contributed by atoms with van der Waals surface area (Å²) < 4.78 is 5.05. The molecule has 0 aliphatic carbocycles. The molecule has 0 bridgehead atoms. The second kappa shape index (κ2) is 25.4. The van der Waals surface area contributed by atoms with E-state index in [0.29, 0.717) is 37.9 Å². The van der Waals surface area contributed by atoms with Crippen LogP contribution in [0.1, 0.15) is 118 Å². The number of carbonyl (C=O) groups excluding carboxylic acids is 7. The van der Waals surface area contributed by atoms with Crippen molar-refractivity contribution in [1.29, 1.82) is 0 Å². The molecule has 2 rings (SSSR count). The molecule has 1 fully saturated rings. The largest absolute Gasteiger partial charge is 0.445 e. The van der Waals surface area contributed by atoms with Crippen LogP contribution in [0.5, 0.6) is 0 Å². The minimum Gasteiger partial charge on any atom is -0.445 e. The van der Waals surface area contributed by atoms with Gasteiger partial charge < -0.3 is 36.6 Å². The lowest BCUT2D eigenvalue weighted by molar-refractivity contribution is -0.139. The number of primary amides is 1. The number of rotatable bonds is 25. The first kappa shape index (κ1) is 50.9. The smallest absolute Gasteiger partial charge is 0.410 e. The van der Waals surface area contributed by atoms with E-state index in [0.717, 1.165) is 24.8 Å². The van der Waals surface area contributed by atoms with E-state index in [2.05, 4.69) is 50.8 Å². The van der Waals surface area contributed by atoms with Crippen molar-refractivity contribution in [3.8, 4) is 0 Å². The van der Waals surface area contributed by atoms with E-state index < -0.39 is 39.4 Å². The summed E-state index contributed by atoms with van der Waals surface area (Å²) in [6.45, 7) is 14.2. The summed E-state index contributed by atoms with van der Waals surface area (Å²) in [5.74, 6) is -2.08. The summed E-state index contributed by atoms with van der Waals surface area (Å²) in [6, 6.07) is 4.14. The van der Waals surface area contributed by atoms with Gasteiger partial charge in [-0.15, -0.1) is 0 Å². The number of nitrogens with one attached hydrogen (secondary N) is 4. The van der Waals surface area contributed by atoms with E-state index in [1.807, 2.05) is 39.8 Å². The number of benzene rings is 1. The molecule has 1 aromatic carbocycles. The zero-order valence-electron chi connectivity index (χ0n) is 36.2. The standard InChI is InChI=1S/C43H68IN7O8/c1-9-11-23-43(44,22-10-2)33-26-36(53)51(40(33)56)25-14-12-13-17-35(52)49-37(29(5)6)39(55)48-34(16-15-24-46-41(45)57)38(54)47-32-20-18-31(19-21-32)27-59-42(58)50(8)30(7)28(3)4/h10,18-22,28-30,33-34,37H,9,11-17,23-27H2,1-8H3,(H,47,54)(H,48,55)(H,49,52)(H3,45,46,57)/b22-10-/t30-,33?,34+,37?,43?/m1/s1. The number of halogens is 1. The fourth-order valence-corrected chi connectivity index (χ4v) is 7.95. The summed E-state index contributed by atoms with van der Waals surface area (Å²) in [5, 5.41) is 10.9. The van der Waals surface area contributed by atoms with Crippen molar-refractivity contribution in [2.45, 2.75) is 141 Å². The Bertz CT molecular complexity index is 1600. The highest BCUT2D eigenvalue weighted by atomic mass is 127. The molecular weight excluding hydrogens is 869 g/mol. The van der Waals surface area contributed by atoms with Gasteiger partial charge in [0.2, 0.25) is 29.5 Å². The number of nitrogens with two attached hydrogens (primary N) is 1. The zero-order valence-corrected chi connectivity index (χ0v) is 38.4. The Balaban J connectivity index is 1.96. The molecule has 0 radical (unpaired) electrons. The third-order valence-electron chi connectivity index (χ3n) is 10.8. The number of hydrogen-bond acceptors (Lipinski definition) is 8. The molecule has 6 N–H and O–H groups in total. The lowest BCUT2D eigenvalue weighted by Crippen LogP contribution is -2.54. The van der Waals surface area contributed by atoms with Gasteiger partial charge in [0.25, 0.3) is 0 Å². The maximum atomic E-state index is 13.6. The van der Waals surface area contributed by atoms with Gasteiger partial charge in [0.15, 0.2) is 0 Å². The van der Waals surface area contributed by atoms with Crippen LogP contribution in [0.2, 0.25) is 0 Å². The number of anilines is 1. The monoisotopic (exact) mass is 937 g/mol. The molecule has 8 amide bonds. The number of imide groups is 1. The molecule has 1 aromatic rings. The van der Waals surface area contributed by atoms with E-state index in [-0.39, 0.29) is 73.9 Å². The van der Waals surface area contributed by atoms with Gasteiger partial charge in [-0.25, -0.2) is 9.59 Å². The maximum absolute atomic E-state index is 13.6. The quantitative estimate of drug-likeness (QED) is 0.0251. The van der Waals surface area contributed by atoms with Gasteiger partial charge >= 0.3 is 12.1 Å². The number of amides is 8. The van der Waals surface area contributed by atoms with Crippen LogP contribution in [0.3, 0.4) is 0 Å². The molecule has 0 spiro atoms. The number of likely N-dealkylation sites (tertiary alicyclic amines) is 1. The Morgan fingerprint density at radius 1 is 0.966 bits per heavy atom. The Hall–Kier alpha value is -4.22. The van der Waals surface area contributed by atoms with Crippen molar-refractivity contribution in [3.05, 3.63) is 42.0 Å². The zero-order chi connectivity index (χ0) is 44.3. The number of carbonyl (C=O) groups is 7. The lowest BCUT2D eigenvalue weighted by atomic mass is 9.86. The fraction of sp³-hybridized carbons (Fsp3) is 0.651. The SMILES string of the molecule is C/C=C\C(I)(CCCC)C1CC(=O)N(CCCCCC(=O)NC(C(=O)N[C@@H](CCCNC(N)=O)C(=O)Nc2ccc(COC(=O)N(C)[C@H](C)C(C)C)cc2)C(C)C)C1=O. The average molecular weight is 938 g/mol. The van der Waals surface area contributed by atoms with Crippen LogP contribution in [-0.2, 0) is 35.3 Å². The molecule has 0 aromatic heterocycles. The van der Waals surface area contributed by atoms with Crippen molar-refractivity contribution in [1.82, 2.24) is 25.8 Å². The highest BCUT2D eigenvalue weighted by molar-refractivity contribution is 14.1. The van der Waals surface area contributed by atoms with E-state index in [1.54, 1.807) is 50.1 Å². The van der Waals surface area contributed by atoms with Gasteiger partial charge in [0, 0.05) is 44.7 Å². The van der Waals surface area contributed by atoms with E-state index in [1.165, 1.54) is 4.90 Å². The van der Waals surface area contributed by atoms with Gasteiger partial charge in [-0.2, -0.15) is 0 Å². The van der Waals surface area contributed by atoms with Crippen molar-refractivity contribution in [2.75, 3.05) is 25.5 Å². The summed E-state index contributed by atoms with van der Waals surface area (Å²) in [5.41, 5.74) is 6.37. The van der Waals surface area contributed by atoms with Crippen molar-refractivity contribution in [3.63, 3.8) is 0 Å².